The van der Waals surface area contributed by atoms with Crippen molar-refractivity contribution in [2.24, 2.45) is 5.92 Å². The van der Waals surface area contributed by atoms with Crippen LogP contribution in [0.15, 0.2) is 24.0 Å². The Balaban J connectivity index is 1.66. The number of carbonyl (C=O) groups is 1. The average Bonchev–Trinajstić information content (AvgIpc) is 2.66. The van der Waals surface area contributed by atoms with Gasteiger partial charge in [0.15, 0.2) is 12.4 Å². The van der Waals surface area contributed by atoms with E-state index in [1.54, 1.807) is 6.08 Å². The van der Waals surface area contributed by atoms with E-state index in [1.165, 1.54) is 25.7 Å². The molecule has 1 atom stereocenters. The van der Waals surface area contributed by atoms with Gasteiger partial charge in [-0.1, -0.05) is 12.2 Å². The van der Waals surface area contributed by atoms with Crippen molar-refractivity contribution in [2.45, 2.75) is 38.5 Å². The summed E-state index contributed by atoms with van der Waals surface area (Å²) >= 11 is 0. The molecule has 1 aliphatic carbocycles. The standard InChI is InChI=1S/C13H18O2/c14-12-9-13(15-10-12)8-4-7-11-5-2-1-3-6-11/h2,5,9,11H,1,3-4,6-8,10H2. The SMILES string of the molecule is O=C1C=C(CCCC2C=CCCC2)OC1. The van der Waals surface area contributed by atoms with E-state index in [4.69, 9.17) is 4.74 Å². The van der Waals surface area contributed by atoms with Crippen LogP contribution in [0.3, 0.4) is 0 Å². The van der Waals surface area contributed by atoms with Crippen LogP contribution in [0.25, 0.3) is 0 Å². The maximum Gasteiger partial charge on any atom is 0.196 e. The van der Waals surface area contributed by atoms with Crippen LogP contribution in [0.2, 0.25) is 0 Å². The Morgan fingerprint density at radius 2 is 2.40 bits per heavy atom. The number of hydrogen-bond acceptors (Lipinski definition) is 2. The summed E-state index contributed by atoms with van der Waals surface area (Å²) in [6.45, 7) is 0.263. The Hall–Kier alpha value is -1.05. The zero-order valence-electron chi connectivity index (χ0n) is 9.08. The molecule has 1 heterocycles. The van der Waals surface area contributed by atoms with Gasteiger partial charge in [0.25, 0.3) is 0 Å². The highest BCUT2D eigenvalue weighted by Gasteiger charge is 2.13. The van der Waals surface area contributed by atoms with Crippen LogP contribution in [-0.2, 0) is 9.53 Å². The number of ketones is 1. The van der Waals surface area contributed by atoms with E-state index in [2.05, 4.69) is 12.2 Å². The van der Waals surface area contributed by atoms with Crippen molar-refractivity contribution in [3.8, 4) is 0 Å². The highest BCUT2D eigenvalue weighted by Crippen LogP contribution is 2.24. The molecule has 0 amide bonds. The van der Waals surface area contributed by atoms with E-state index >= 15 is 0 Å². The zero-order chi connectivity index (χ0) is 10.5. The van der Waals surface area contributed by atoms with Crippen LogP contribution < -0.4 is 0 Å². The molecule has 2 heteroatoms. The predicted octanol–water partition coefficient (Wildman–Crippen LogP) is 3.00. The topological polar surface area (TPSA) is 26.3 Å². The average molecular weight is 206 g/mol. The number of hydrogen-bond donors (Lipinski definition) is 0. The van der Waals surface area contributed by atoms with Gasteiger partial charge in [0.1, 0.15) is 5.76 Å². The van der Waals surface area contributed by atoms with Gasteiger partial charge < -0.3 is 4.74 Å². The highest BCUT2D eigenvalue weighted by molar-refractivity contribution is 5.92. The first-order valence-electron chi connectivity index (χ1n) is 5.87. The van der Waals surface area contributed by atoms with Crippen molar-refractivity contribution in [1.82, 2.24) is 0 Å². The molecule has 1 unspecified atom stereocenters. The second-order valence-corrected chi connectivity index (χ2v) is 4.38. The van der Waals surface area contributed by atoms with E-state index in [0.29, 0.717) is 0 Å². The molecule has 0 aromatic heterocycles. The maximum atomic E-state index is 10.9. The van der Waals surface area contributed by atoms with E-state index in [9.17, 15) is 4.79 Å². The van der Waals surface area contributed by atoms with Gasteiger partial charge in [-0.3, -0.25) is 4.79 Å². The van der Waals surface area contributed by atoms with Crippen molar-refractivity contribution in [3.63, 3.8) is 0 Å². The summed E-state index contributed by atoms with van der Waals surface area (Å²) in [7, 11) is 0. The molecule has 2 nitrogen and oxygen atoms in total. The largest absolute Gasteiger partial charge is 0.490 e. The summed E-state index contributed by atoms with van der Waals surface area (Å²) in [5.41, 5.74) is 0. The van der Waals surface area contributed by atoms with Crippen LogP contribution >= 0.6 is 0 Å². The number of rotatable bonds is 4. The second-order valence-electron chi connectivity index (χ2n) is 4.38. The summed E-state index contributed by atoms with van der Waals surface area (Å²) in [5.74, 6) is 1.76. The molecular formula is C13H18O2. The number of ether oxygens (including phenoxy) is 1. The van der Waals surface area contributed by atoms with Crippen LogP contribution in [0.1, 0.15) is 38.5 Å². The van der Waals surface area contributed by atoms with Crippen molar-refractivity contribution in [3.05, 3.63) is 24.0 Å². The Labute approximate surface area is 91.0 Å². The molecule has 82 valence electrons. The van der Waals surface area contributed by atoms with E-state index in [1.807, 2.05) is 0 Å². The van der Waals surface area contributed by atoms with Gasteiger partial charge >= 0.3 is 0 Å². The van der Waals surface area contributed by atoms with Gasteiger partial charge in [-0.25, -0.2) is 0 Å². The lowest BCUT2D eigenvalue weighted by molar-refractivity contribution is -0.115. The molecular weight excluding hydrogens is 188 g/mol. The highest BCUT2D eigenvalue weighted by atomic mass is 16.5. The van der Waals surface area contributed by atoms with Crippen LogP contribution in [0.4, 0.5) is 0 Å². The van der Waals surface area contributed by atoms with Crippen molar-refractivity contribution in [1.29, 1.82) is 0 Å². The normalized spacial score (nSPS) is 25.2. The molecule has 0 aromatic carbocycles. The molecule has 0 radical (unpaired) electrons. The predicted molar refractivity (Wildman–Crippen MR) is 59.4 cm³/mol. The zero-order valence-corrected chi connectivity index (χ0v) is 9.08. The molecule has 0 bridgehead atoms. The Kier molecular flexibility index (Phi) is 3.59. The van der Waals surface area contributed by atoms with E-state index in [-0.39, 0.29) is 12.4 Å². The lowest BCUT2D eigenvalue weighted by Crippen LogP contribution is -2.00. The first-order chi connectivity index (χ1) is 7.34. The molecule has 0 fully saturated rings. The van der Waals surface area contributed by atoms with Crippen LogP contribution in [0, 0.1) is 5.92 Å². The van der Waals surface area contributed by atoms with Crippen molar-refractivity contribution in [2.75, 3.05) is 6.61 Å². The van der Waals surface area contributed by atoms with Gasteiger partial charge in [-0.05, 0) is 38.0 Å². The van der Waals surface area contributed by atoms with Gasteiger partial charge in [-0.15, -0.1) is 0 Å². The third-order valence-corrected chi connectivity index (χ3v) is 3.07. The fraction of sp³-hybridized carbons (Fsp3) is 0.615. The van der Waals surface area contributed by atoms with Crippen LogP contribution in [-0.4, -0.2) is 12.4 Å². The summed E-state index contributed by atoms with van der Waals surface area (Å²) in [6.07, 6.45) is 13.5. The molecule has 2 rings (SSSR count). The van der Waals surface area contributed by atoms with Crippen molar-refractivity contribution >= 4 is 5.78 Å². The maximum absolute atomic E-state index is 10.9. The van der Waals surface area contributed by atoms with Gasteiger partial charge in [-0.2, -0.15) is 0 Å². The summed E-state index contributed by atoms with van der Waals surface area (Å²) in [6, 6.07) is 0. The van der Waals surface area contributed by atoms with E-state index < -0.39 is 0 Å². The summed E-state index contributed by atoms with van der Waals surface area (Å²) in [5, 5.41) is 0. The van der Waals surface area contributed by atoms with Gasteiger partial charge in [0.05, 0.1) is 0 Å². The first-order valence-corrected chi connectivity index (χ1v) is 5.87. The molecule has 2 aliphatic rings. The minimum atomic E-state index is 0.113. The molecule has 0 saturated carbocycles. The first kappa shape index (κ1) is 10.5. The Morgan fingerprint density at radius 3 is 3.07 bits per heavy atom. The quantitative estimate of drug-likeness (QED) is 0.661. The summed E-state index contributed by atoms with van der Waals surface area (Å²) < 4.78 is 5.25. The second kappa shape index (κ2) is 5.15. The van der Waals surface area contributed by atoms with Crippen LogP contribution in [0.5, 0.6) is 0 Å². The van der Waals surface area contributed by atoms with E-state index in [0.717, 1.165) is 24.5 Å². The number of allylic oxidation sites excluding steroid dienone is 3. The smallest absolute Gasteiger partial charge is 0.196 e. The van der Waals surface area contributed by atoms with Gasteiger partial charge in [0.2, 0.25) is 0 Å². The molecule has 1 aliphatic heterocycles. The summed E-state index contributed by atoms with van der Waals surface area (Å²) in [4.78, 5) is 10.9. The molecule has 0 aromatic rings. The third-order valence-electron chi connectivity index (χ3n) is 3.07. The molecule has 15 heavy (non-hydrogen) atoms. The lowest BCUT2D eigenvalue weighted by Gasteiger charge is -2.15. The fourth-order valence-electron chi connectivity index (χ4n) is 2.23. The molecule has 0 spiro atoms. The molecule has 0 N–H and O–H groups in total. The lowest BCUT2D eigenvalue weighted by atomic mass is 9.91. The van der Waals surface area contributed by atoms with Gasteiger partial charge in [0, 0.05) is 12.5 Å². The third kappa shape index (κ3) is 3.22. The Bertz CT molecular complexity index is 289. The minimum Gasteiger partial charge on any atom is -0.490 e. The minimum absolute atomic E-state index is 0.113. The monoisotopic (exact) mass is 206 g/mol. The molecule has 0 saturated heterocycles. The van der Waals surface area contributed by atoms with Crippen molar-refractivity contribution < 1.29 is 9.53 Å². The Morgan fingerprint density at radius 1 is 1.47 bits per heavy atom. The number of carbonyl (C=O) groups excluding carboxylic acids is 1. The fourth-order valence-corrected chi connectivity index (χ4v) is 2.23.